The minimum absolute atomic E-state index is 0.223. The molecule has 2 heterocycles. The molecular weight excluding hydrogens is 306 g/mol. The van der Waals surface area contributed by atoms with Gasteiger partial charge in [0.05, 0.1) is 17.7 Å². The van der Waals surface area contributed by atoms with Crippen LogP contribution in [0.3, 0.4) is 0 Å². The van der Waals surface area contributed by atoms with E-state index in [2.05, 4.69) is 0 Å². The van der Waals surface area contributed by atoms with Crippen molar-refractivity contribution >= 4 is 17.5 Å². The van der Waals surface area contributed by atoms with Crippen LogP contribution in [0, 0.1) is 6.92 Å². The highest BCUT2D eigenvalue weighted by molar-refractivity contribution is 6.00. The average molecular weight is 323 g/mol. The topological polar surface area (TPSA) is 57.0 Å². The molecule has 0 aliphatic rings. The SMILES string of the molecule is CCOC(=O)c1c(OC(=O)c2ccccc2)c2ccccn2c1C. The van der Waals surface area contributed by atoms with Crippen LogP contribution < -0.4 is 4.74 Å². The predicted molar refractivity (Wildman–Crippen MR) is 89.5 cm³/mol. The van der Waals surface area contributed by atoms with E-state index in [1.807, 2.05) is 24.4 Å². The second-order valence-corrected chi connectivity index (χ2v) is 5.22. The minimum Gasteiger partial charge on any atom is -0.462 e. The summed E-state index contributed by atoms with van der Waals surface area (Å²) in [5.74, 6) is -0.799. The number of carbonyl (C=O) groups is 2. The van der Waals surface area contributed by atoms with Crippen LogP contribution in [-0.2, 0) is 4.74 Å². The molecule has 0 aliphatic carbocycles. The summed E-state index contributed by atoms with van der Waals surface area (Å²) in [6, 6.07) is 14.1. The number of hydrogen-bond donors (Lipinski definition) is 0. The van der Waals surface area contributed by atoms with Crippen LogP contribution in [-0.4, -0.2) is 22.9 Å². The number of ether oxygens (including phenoxy) is 2. The zero-order chi connectivity index (χ0) is 17.1. The van der Waals surface area contributed by atoms with Gasteiger partial charge in [-0.1, -0.05) is 24.3 Å². The van der Waals surface area contributed by atoms with Crippen LogP contribution in [0.15, 0.2) is 54.7 Å². The molecule has 5 heteroatoms. The van der Waals surface area contributed by atoms with Crippen LogP contribution in [0.1, 0.15) is 33.3 Å². The number of nitrogens with zero attached hydrogens (tertiary/aromatic N) is 1. The molecule has 0 N–H and O–H groups in total. The molecule has 0 amide bonds. The van der Waals surface area contributed by atoms with Gasteiger partial charge in [-0.25, -0.2) is 9.59 Å². The lowest BCUT2D eigenvalue weighted by molar-refractivity contribution is 0.0520. The Balaban J connectivity index is 2.10. The summed E-state index contributed by atoms with van der Waals surface area (Å²) in [5, 5.41) is 0. The fraction of sp³-hybridized carbons (Fsp3) is 0.158. The van der Waals surface area contributed by atoms with Gasteiger partial charge in [0.2, 0.25) is 0 Å². The van der Waals surface area contributed by atoms with Crippen LogP contribution in [0.5, 0.6) is 5.75 Å². The maximum atomic E-state index is 12.4. The lowest BCUT2D eigenvalue weighted by Crippen LogP contribution is -2.12. The van der Waals surface area contributed by atoms with Gasteiger partial charge >= 0.3 is 11.9 Å². The number of aryl methyl sites for hydroxylation is 1. The highest BCUT2D eigenvalue weighted by atomic mass is 16.5. The Morgan fingerprint density at radius 1 is 1.00 bits per heavy atom. The van der Waals surface area contributed by atoms with Crippen molar-refractivity contribution in [3.8, 4) is 5.75 Å². The molecule has 0 bridgehead atoms. The third kappa shape index (κ3) is 2.76. The van der Waals surface area contributed by atoms with Crippen molar-refractivity contribution in [1.82, 2.24) is 4.40 Å². The number of hydrogen-bond acceptors (Lipinski definition) is 4. The van der Waals surface area contributed by atoms with Gasteiger partial charge in [-0.05, 0) is 38.1 Å². The molecule has 5 nitrogen and oxygen atoms in total. The van der Waals surface area contributed by atoms with Crippen LogP contribution in [0.4, 0.5) is 0 Å². The van der Waals surface area contributed by atoms with E-state index in [-0.39, 0.29) is 17.9 Å². The molecule has 0 fully saturated rings. The molecule has 2 aromatic heterocycles. The lowest BCUT2D eigenvalue weighted by atomic mass is 10.2. The Labute approximate surface area is 139 Å². The first-order chi connectivity index (χ1) is 11.6. The summed E-state index contributed by atoms with van der Waals surface area (Å²) in [5.41, 5.74) is 2.00. The van der Waals surface area contributed by atoms with Crippen molar-refractivity contribution in [2.75, 3.05) is 6.61 Å². The van der Waals surface area contributed by atoms with E-state index in [0.29, 0.717) is 16.8 Å². The van der Waals surface area contributed by atoms with Gasteiger partial charge < -0.3 is 13.9 Å². The van der Waals surface area contributed by atoms with E-state index in [1.165, 1.54) is 0 Å². The quantitative estimate of drug-likeness (QED) is 0.688. The van der Waals surface area contributed by atoms with Gasteiger partial charge in [0, 0.05) is 11.9 Å². The van der Waals surface area contributed by atoms with Crippen molar-refractivity contribution in [2.24, 2.45) is 0 Å². The normalized spacial score (nSPS) is 10.6. The highest BCUT2D eigenvalue weighted by Crippen LogP contribution is 2.32. The first-order valence-electron chi connectivity index (χ1n) is 7.67. The first kappa shape index (κ1) is 15.8. The molecule has 0 radical (unpaired) electrons. The second-order valence-electron chi connectivity index (χ2n) is 5.22. The smallest absolute Gasteiger partial charge is 0.343 e. The molecule has 0 unspecified atom stereocenters. The maximum Gasteiger partial charge on any atom is 0.343 e. The largest absolute Gasteiger partial charge is 0.462 e. The molecular formula is C19H17NO4. The molecule has 0 spiro atoms. The van der Waals surface area contributed by atoms with Crippen LogP contribution in [0.25, 0.3) is 5.52 Å². The monoisotopic (exact) mass is 323 g/mol. The molecule has 0 atom stereocenters. The molecule has 0 aliphatic heterocycles. The van der Waals surface area contributed by atoms with Gasteiger partial charge in [0.15, 0.2) is 5.75 Å². The Morgan fingerprint density at radius 3 is 2.42 bits per heavy atom. The maximum absolute atomic E-state index is 12.4. The molecule has 0 saturated carbocycles. The van der Waals surface area contributed by atoms with Gasteiger partial charge in [-0.2, -0.15) is 0 Å². The molecule has 122 valence electrons. The number of pyridine rings is 1. The summed E-state index contributed by atoms with van der Waals surface area (Å²) in [6.07, 6.45) is 1.81. The number of esters is 2. The van der Waals surface area contributed by atoms with E-state index in [4.69, 9.17) is 9.47 Å². The lowest BCUT2D eigenvalue weighted by Gasteiger charge is -2.07. The Morgan fingerprint density at radius 2 is 1.71 bits per heavy atom. The van der Waals surface area contributed by atoms with Gasteiger partial charge in [0.25, 0.3) is 0 Å². The average Bonchev–Trinajstić information content (AvgIpc) is 2.88. The standard InChI is InChI=1S/C19H17NO4/c1-3-23-19(22)16-13(2)20-12-8-7-11-15(20)17(16)24-18(21)14-9-5-4-6-10-14/h4-12H,3H2,1-2H3. The van der Waals surface area contributed by atoms with E-state index in [9.17, 15) is 9.59 Å². The third-order valence-corrected chi connectivity index (χ3v) is 3.73. The van der Waals surface area contributed by atoms with Crippen LogP contribution >= 0.6 is 0 Å². The van der Waals surface area contributed by atoms with Crippen molar-refractivity contribution in [1.29, 1.82) is 0 Å². The molecule has 3 rings (SSSR count). The number of benzene rings is 1. The highest BCUT2D eigenvalue weighted by Gasteiger charge is 2.26. The summed E-state index contributed by atoms with van der Waals surface area (Å²) < 4.78 is 12.5. The Bertz CT molecular complexity index is 896. The number of aromatic nitrogens is 1. The molecule has 24 heavy (non-hydrogen) atoms. The molecule has 0 saturated heterocycles. The molecule has 1 aromatic carbocycles. The van der Waals surface area contributed by atoms with Gasteiger partial charge in [0.1, 0.15) is 5.56 Å². The first-order valence-corrected chi connectivity index (χ1v) is 7.67. The third-order valence-electron chi connectivity index (χ3n) is 3.73. The summed E-state index contributed by atoms with van der Waals surface area (Å²) in [4.78, 5) is 24.8. The second kappa shape index (κ2) is 6.58. The number of rotatable bonds is 4. The summed E-state index contributed by atoms with van der Waals surface area (Å²) in [7, 11) is 0. The van der Waals surface area contributed by atoms with Crippen molar-refractivity contribution in [3.63, 3.8) is 0 Å². The predicted octanol–water partition coefficient (Wildman–Crippen LogP) is 3.64. The molecule has 3 aromatic rings. The van der Waals surface area contributed by atoms with E-state index in [0.717, 1.165) is 0 Å². The van der Waals surface area contributed by atoms with E-state index >= 15 is 0 Å². The van der Waals surface area contributed by atoms with E-state index in [1.54, 1.807) is 48.6 Å². The van der Waals surface area contributed by atoms with Crippen molar-refractivity contribution in [2.45, 2.75) is 13.8 Å². The zero-order valence-corrected chi connectivity index (χ0v) is 13.5. The number of fused-ring (bicyclic) bond motifs is 1. The Hall–Kier alpha value is -3.08. The fourth-order valence-corrected chi connectivity index (χ4v) is 2.61. The zero-order valence-electron chi connectivity index (χ0n) is 13.5. The van der Waals surface area contributed by atoms with Crippen LogP contribution in [0.2, 0.25) is 0 Å². The van der Waals surface area contributed by atoms with Crippen molar-refractivity contribution < 1.29 is 19.1 Å². The van der Waals surface area contributed by atoms with Gasteiger partial charge in [-0.3, -0.25) is 0 Å². The van der Waals surface area contributed by atoms with Crippen molar-refractivity contribution in [3.05, 3.63) is 71.5 Å². The van der Waals surface area contributed by atoms with Gasteiger partial charge in [-0.15, -0.1) is 0 Å². The summed E-state index contributed by atoms with van der Waals surface area (Å²) >= 11 is 0. The van der Waals surface area contributed by atoms with E-state index < -0.39 is 11.9 Å². The number of carbonyl (C=O) groups excluding carboxylic acids is 2. The minimum atomic E-state index is -0.516. The Kier molecular flexibility index (Phi) is 4.33. The summed E-state index contributed by atoms with van der Waals surface area (Å²) in [6.45, 7) is 3.77. The fourth-order valence-electron chi connectivity index (χ4n) is 2.61.